The number of methoxy groups -OCH3 is 2. The van der Waals surface area contributed by atoms with Crippen molar-refractivity contribution in [3.05, 3.63) is 69.5 Å². The number of ether oxygens (including phenoxy) is 2. The van der Waals surface area contributed by atoms with Gasteiger partial charge in [-0.2, -0.15) is 0 Å². The lowest BCUT2D eigenvalue weighted by molar-refractivity contribution is -0.121. The number of aromatic amines is 1. The predicted molar refractivity (Wildman–Crippen MR) is 109 cm³/mol. The number of aromatic nitrogens is 1. The predicted octanol–water partition coefficient (Wildman–Crippen LogP) is 3.10. The summed E-state index contributed by atoms with van der Waals surface area (Å²) in [6.07, 6.45) is 1.02. The second kappa shape index (κ2) is 8.61. The van der Waals surface area contributed by atoms with E-state index in [1.54, 1.807) is 21.1 Å². The van der Waals surface area contributed by atoms with Gasteiger partial charge >= 0.3 is 0 Å². The molecule has 0 aliphatic heterocycles. The zero-order valence-corrected chi connectivity index (χ0v) is 16.3. The van der Waals surface area contributed by atoms with E-state index in [1.165, 1.54) is 0 Å². The molecule has 6 heteroatoms. The number of H-pyrrole nitrogens is 1. The minimum atomic E-state index is -0.0743. The van der Waals surface area contributed by atoms with Crippen LogP contribution < -0.4 is 20.3 Å². The number of carbonyl (C=O) groups excluding carboxylic acids is 1. The Kier molecular flexibility index (Phi) is 5.99. The number of fused-ring (bicyclic) bond motifs is 1. The summed E-state index contributed by atoms with van der Waals surface area (Å²) in [6, 6.07) is 13.3. The van der Waals surface area contributed by atoms with E-state index in [4.69, 9.17) is 9.47 Å². The van der Waals surface area contributed by atoms with Gasteiger partial charge in [0.25, 0.3) is 5.56 Å². The van der Waals surface area contributed by atoms with Crippen molar-refractivity contribution in [2.45, 2.75) is 26.3 Å². The lowest BCUT2D eigenvalue weighted by Crippen LogP contribution is -2.23. The number of hydrogen-bond donors (Lipinski definition) is 2. The standard InChI is InChI=1S/C22H24N2O4/c1-14-10-17-11-15(4-7-18(17)24-22(14)26)6-9-21(25)23-13-16-5-8-19(27-2)20(12-16)28-3/h4-5,7-8,10-12H,6,9,13H2,1-3H3,(H,23,25)(H,24,26). The van der Waals surface area contributed by atoms with Crippen molar-refractivity contribution >= 4 is 16.8 Å². The maximum Gasteiger partial charge on any atom is 0.251 e. The summed E-state index contributed by atoms with van der Waals surface area (Å²) in [5.74, 6) is 1.27. The number of pyridine rings is 1. The van der Waals surface area contributed by atoms with Crippen LogP contribution in [0.4, 0.5) is 0 Å². The Balaban J connectivity index is 1.58. The van der Waals surface area contributed by atoms with Crippen molar-refractivity contribution in [1.29, 1.82) is 0 Å². The number of nitrogens with one attached hydrogen (secondary N) is 2. The van der Waals surface area contributed by atoms with Crippen molar-refractivity contribution in [2.24, 2.45) is 0 Å². The first-order valence-corrected chi connectivity index (χ1v) is 9.10. The maximum absolute atomic E-state index is 12.2. The van der Waals surface area contributed by atoms with E-state index in [1.807, 2.05) is 42.5 Å². The van der Waals surface area contributed by atoms with Crippen LogP contribution in [0, 0.1) is 6.92 Å². The minimum Gasteiger partial charge on any atom is -0.493 e. The molecule has 2 N–H and O–H groups in total. The Morgan fingerprint density at radius 3 is 2.50 bits per heavy atom. The summed E-state index contributed by atoms with van der Waals surface area (Å²) in [7, 11) is 3.17. The summed E-state index contributed by atoms with van der Waals surface area (Å²) in [5, 5.41) is 3.90. The van der Waals surface area contributed by atoms with E-state index in [0.29, 0.717) is 36.4 Å². The maximum atomic E-state index is 12.2. The number of benzene rings is 2. The van der Waals surface area contributed by atoms with Gasteiger partial charge in [-0.1, -0.05) is 12.1 Å². The Morgan fingerprint density at radius 1 is 1.00 bits per heavy atom. The van der Waals surface area contributed by atoms with Gasteiger partial charge in [0, 0.05) is 24.0 Å². The topological polar surface area (TPSA) is 80.4 Å². The van der Waals surface area contributed by atoms with Gasteiger partial charge in [-0.3, -0.25) is 9.59 Å². The summed E-state index contributed by atoms with van der Waals surface area (Å²) >= 11 is 0. The normalized spacial score (nSPS) is 10.7. The smallest absolute Gasteiger partial charge is 0.251 e. The van der Waals surface area contributed by atoms with Gasteiger partial charge in [-0.05, 0) is 60.2 Å². The van der Waals surface area contributed by atoms with Crippen molar-refractivity contribution < 1.29 is 14.3 Å². The van der Waals surface area contributed by atoms with Crippen LogP contribution in [0.15, 0.2) is 47.3 Å². The van der Waals surface area contributed by atoms with E-state index < -0.39 is 0 Å². The van der Waals surface area contributed by atoms with Gasteiger partial charge in [0.15, 0.2) is 11.5 Å². The second-order valence-corrected chi connectivity index (χ2v) is 6.67. The zero-order valence-electron chi connectivity index (χ0n) is 16.3. The Labute approximate surface area is 163 Å². The van der Waals surface area contributed by atoms with Crippen LogP contribution in [-0.4, -0.2) is 25.1 Å². The van der Waals surface area contributed by atoms with Gasteiger partial charge in [0.1, 0.15) is 0 Å². The molecule has 6 nitrogen and oxygen atoms in total. The van der Waals surface area contributed by atoms with E-state index >= 15 is 0 Å². The van der Waals surface area contributed by atoms with Crippen LogP contribution >= 0.6 is 0 Å². The SMILES string of the molecule is COc1ccc(CNC(=O)CCc2ccc3[nH]c(=O)c(C)cc3c2)cc1OC. The van der Waals surface area contributed by atoms with Gasteiger partial charge in [0.05, 0.1) is 14.2 Å². The molecule has 3 rings (SSSR count). The number of amides is 1. The molecule has 0 saturated carbocycles. The van der Waals surface area contributed by atoms with Gasteiger partial charge in [-0.25, -0.2) is 0 Å². The quantitative estimate of drug-likeness (QED) is 0.660. The molecule has 1 aromatic heterocycles. The molecule has 0 aliphatic carbocycles. The number of carbonyl (C=O) groups is 1. The molecule has 0 fully saturated rings. The molecule has 1 heterocycles. The highest BCUT2D eigenvalue weighted by Crippen LogP contribution is 2.27. The van der Waals surface area contributed by atoms with Crippen LogP contribution in [0.25, 0.3) is 10.9 Å². The van der Waals surface area contributed by atoms with Gasteiger partial charge < -0.3 is 19.8 Å². The molecule has 3 aromatic rings. The molecule has 0 spiro atoms. The summed E-state index contributed by atoms with van der Waals surface area (Å²) < 4.78 is 10.5. The van der Waals surface area contributed by atoms with E-state index in [0.717, 1.165) is 22.0 Å². The van der Waals surface area contributed by atoms with Crippen LogP contribution in [0.3, 0.4) is 0 Å². The van der Waals surface area contributed by atoms with Crippen molar-refractivity contribution in [1.82, 2.24) is 10.3 Å². The fourth-order valence-corrected chi connectivity index (χ4v) is 3.06. The first-order chi connectivity index (χ1) is 13.5. The molecule has 0 aliphatic rings. The monoisotopic (exact) mass is 380 g/mol. The molecular weight excluding hydrogens is 356 g/mol. The highest BCUT2D eigenvalue weighted by Gasteiger charge is 2.07. The second-order valence-electron chi connectivity index (χ2n) is 6.67. The van der Waals surface area contributed by atoms with Gasteiger partial charge in [-0.15, -0.1) is 0 Å². The number of hydrogen-bond acceptors (Lipinski definition) is 4. The Bertz CT molecular complexity index is 1060. The highest BCUT2D eigenvalue weighted by atomic mass is 16.5. The average molecular weight is 380 g/mol. The average Bonchev–Trinajstić information content (AvgIpc) is 2.71. The molecule has 2 aromatic carbocycles. The zero-order chi connectivity index (χ0) is 20.1. The van der Waals surface area contributed by atoms with Crippen LogP contribution in [0.1, 0.15) is 23.1 Å². The van der Waals surface area contributed by atoms with E-state index in [2.05, 4.69) is 10.3 Å². The molecule has 0 atom stereocenters. The molecule has 0 radical (unpaired) electrons. The first kappa shape index (κ1) is 19.5. The van der Waals surface area contributed by atoms with Crippen LogP contribution in [0.2, 0.25) is 0 Å². The molecule has 0 bridgehead atoms. The minimum absolute atomic E-state index is 0.0208. The molecule has 28 heavy (non-hydrogen) atoms. The summed E-state index contributed by atoms with van der Waals surface area (Å²) in [6.45, 7) is 2.21. The highest BCUT2D eigenvalue weighted by molar-refractivity contribution is 5.80. The Hall–Kier alpha value is -3.28. The Morgan fingerprint density at radius 2 is 1.75 bits per heavy atom. The summed E-state index contributed by atoms with van der Waals surface area (Å²) in [5.41, 5.74) is 3.40. The molecule has 146 valence electrons. The number of rotatable bonds is 7. The first-order valence-electron chi connectivity index (χ1n) is 9.10. The van der Waals surface area contributed by atoms with Crippen molar-refractivity contribution in [2.75, 3.05) is 14.2 Å². The molecule has 0 saturated heterocycles. The lowest BCUT2D eigenvalue weighted by Gasteiger charge is -2.10. The van der Waals surface area contributed by atoms with Crippen LogP contribution in [-0.2, 0) is 17.8 Å². The third-order valence-electron chi connectivity index (χ3n) is 4.67. The van der Waals surface area contributed by atoms with Crippen molar-refractivity contribution in [3.63, 3.8) is 0 Å². The fraction of sp³-hybridized carbons (Fsp3) is 0.273. The third-order valence-corrected chi connectivity index (χ3v) is 4.67. The molecule has 0 unspecified atom stereocenters. The molecule has 1 amide bonds. The molecular formula is C22H24N2O4. The number of aryl methyl sites for hydroxylation is 2. The summed E-state index contributed by atoms with van der Waals surface area (Å²) in [4.78, 5) is 26.7. The lowest BCUT2D eigenvalue weighted by atomic mass is 10.1. The van der Waals surface area contributed by atoms with Crippen molar-refractivity contribution in [3.8, 4) is 11.5 Å². The van der Waals surface area contributed by atoms with E-state index in [9.17, 15) is 9.59 Å². The van der Waals surface area contributed by atoms with E-state index in [-0.39, 0.29) is 11.5 Å². The third kappa shape index (κ3) is 4.52. The van der Waals surface area contributed by atoms with Gasteiger partial charge in [0.2, 0.25) is 5.91 Å². The largest absolute Gasteiger partial charge is 0.493 e. The fourth-order valence-electron chi connectivity index (χ4n) is 3.06. The van der Waals surface area contributed by atoms with Crippen LogP contribution in [0.5, 0.6) is 11.5 Å².